The van der Waals surface area contributed by atoms with E-state index in [1.54, 1.807) is 4.90 Å². The molecule has 0 bridgehead atoms. The molecule has 0 saturated carbocycles. The van der Waals surface area contributed by atoms with E-state index in [1.807, 2.05) is 51.4 Å². The van der Waals surface area contributed by atoms with Crippen LogP contribution in [0.4, 0.5) is 5.69 Å². The van der Waals surface area contributed by atoms with Gasteiger partial charge in [-0.25, -0.2) is 0 Å². The van der Waals surface area contributed by atoms with Crippen LogP contribution in [0.3, 0.4) is 0 Å². The van der Waals surface area contributed by atoms with Gasteiger partial charge in [0.05, 0.1) is 0 Å². The van der Waals surface area contributed by atoms with Gasteiger partial charge in [-0.3, -0.25) is 4.79 Å². The van der Waals surface area contributed by atoms with Crippen molar-refractivity contribution in [3.05, 3.63) is 60.2 Å². The van der Waals surface area contributed by atoms with E-state index in [-0.39, 0.29) is 12.5 Å². The lowest BCUT2D eigenvalue weighted by atomic mass is 10.2. The highest BCUT2D eigenvalue weighted by atomic mass is 16.5. The lowest BCUT2D eigenvalue weighted by Crippen LogP contribution is -2.34. The molecule has 0 spiro atoms. The van der Waals surface area contributed by atoms with E-state index in [9.17, 15) is 4.79 Å². The molecule has 4 heteroatoms. The van der Waals surface area contributed by atoms with Gasteiger partial charge >= 0.3 is 0 Å². The molecule has 0 heterocycles. The maximum Gasteiger partial charge on any atom is 0.260 e. The predicted molar refractivity (Wildman–Crippen MR) is 93.8 cm³/mol. The molecule has 1 amide bonds. The summed E-state index contributed by atoms with van der Waals surface area (Å²) in [5.41, 5.74) is 2.26. The van der Waals surface area contributed by atoms with Gasteiger partial charge < -0.3 is 14.5 Å². The molecule has 4 nitrogen and oxygen atoms in total. The number of hydrogen-bond donors (Lipinski definition) is 0. The summed E-state index contributed by atoms with van der Waals surface area (Å²) < 4.78 is 5.54. The molecule has 0 saturated heterocycles. The Hall–Kier alpha value is -2.49. The highest BCUT2D eigenvalue weighted by molar-refractivity contribution is 5.77. The standard InChI is InChI=1S/C19H24N2O2/c1-4-21(14-16-10-12-17(13-11-16)20(2)3)19(22)15-23-18-8-6-5-7-9-18/h5-13H,4,14-15H2,1-3H3. The van der Waals surface area contributed by atoms with Crippen LogP contribution < -0.4 is 9.64 Å². The quantitative estimate of drug-likeness (QED) is 0.787. The Bertz CT molecular complexity index is 609. The fraction of sp³-hybridized carbons (Fsp3) is 0.316. The van der Waals surface area contributed by atoms with Gasteiger partial charge in [0.25, 0.3) is 5.91 Å². The molecule has 0 aliphatic carbocycles. The second-order valence-electron chi connectivity index (χ2n) is 5.57. The smallest absolute Gasteiger partial charge is 0.260 e. The number of benzene rings is 2. The van der Waals surface area contributed by atoms with Crippen molar-refractivity contribution < 1.29 is 9.53 Å². The van der Waals surface area contributed by atoms with Gasteiger partial charge in [0, 0.05) is 32.9 Å². The zero-order chi connectivity index (χ0) is 16.7. The Morgan fingerprint density at radius 3 is 2.22 bits per heavy atom. The number of likely N-dealkylation sites (N-methyl/N-ethyl adjacent to an activating group) is 1. The van der Waals surface area contributed by atoms with Crippen molar-refractivity contribution in [3.8, 4) is 5.75 Å². The zero-order valence-electron chi connectivity index (χ0n) is 14.0. The summed E-state index contributed by atoms with van der Waals surface area (Å²) >= 11 is 0. The largest absolute Gasteiger partial charge is 0.484 e. The number of anilines is 1. The average molecular weight is 312 g/mol. The SMILES string of the molecule is CCN(Cc1ccc(N(C)C)cc1)C(=O)COc1ccccc1. The first-order chi connectivity index (χ1) is 11.1. The van der Waals surface area contributed by atoms with Crippen LogP contribution in [-0.4, -0.2) is 38.1 Å². The van der Waals surface area contributed by atoms with Crippen LogP contribution in [0.2, 0.25) is 0 Å². The summed E-state index contributed by atoms with van der Waals surface area (Å²) in [4.78, 5) is 16.2. The summed E-state index contributed by atoms with van der Waals surface area (Å²) in [7, 11) is 4.02. The molecule has 23 heavy (non-hydrogen) atoms. The van der Waals surface area contributed by atoms with E-state index >= 15 is 0 Å². The van der Waals surface area contributed by atoms with Crippen molar-refractivity contribution in [2.24, 2.45) is 0 Å². The third-order valence-corrected chi connectivity index (χ3v) is 3.67. The summed E-state index contributed by atoms with van der Waals surface area (Å²) in [6.45, 7) is 3.30. The van der Waals surface area contributed by atoms with Crippen LogP contribution in [0.25, 0.3) is 0 Å². The zero-order valence-corrected chi connectivity index (χ0v) is 14.0. The maximum absolute atomic E-state index is 12.3. The Kier molecular flexibility index (Phi) is 6.03. The summed E-state index contributed by atoms with van der Waals surface area (Å²) in [6.07, 6.45) is 0. The number of hydrogen-bond acceptors (Lipinski definition) is 3. The van der Waals surface area contributed by atoms with Crippen molar-refractivity contribution in [1.82, 2.24) is 4.90 Å². The monoisotopic (exact) mass is 312 g/mol. The van der Waals surface area contributed by atoms with Gasteiger partial charge in [0.1, 0.15) is 5.75 Å². The fourth-order valence-electron chi connectivity index (χ4n) is 2.25. The number of nitrogens with zero attached hydrogens (tertiary/aromatic N) is 2. The predicted octanol–water partition coefficient (Wildman–Crippen LogP) is 3.18. The fourth-order valence-corrected chi connectivity index (χ4v) is 2.25. The minimum atomic E-state index is -0.00645. The lowest BCUT2D eigenvalue weighted by Gasteiger charge is -2.21. The summed E-state index contributed by atoms with van der Waals surface area (Å²) in [6, 6.07) is 17.7. The van der Waals surface area contributed by atoms with Crippen LogP contribution >= 0.6 is 0 Å². The number of rotatable bonds is 7. The van der Waals surface area contributed by atoms with E-state index in [0.29, 0.717) is 18.8 Å². The minimum absolute atomic E-state index is 0.00645. The molecule has 2 rings (SSSR count). The molecule has 0 unspecified atom stereocenters. The number of carbonyl (C=O) groups excluding carboxylic acids is 1. The van der Waals surface area contributed by atoms with Crippen LogP contribution in [0, 0.1) is 0 Å². The average Bonchev–Trinajstić information content (AvgIpc) is 2.59. The Morgan fingerprint density at radius 1 is 1.00 bits per heavy atom. The second-order valence-corrected chi connectivity index (χ2v) is 5.57. The highest BCUT2D eigenvalue weighted by Crippen LogP contribution is 2.14. The first-order valence-corrected chi connectivity index (χ1v) is 7.82. The van der Waals surface area contributed by atoms with Crippen LogP contribution in [0.15, 0.2) is 54.6 Å². The molecule has 122 valence electrons. The first-order valence-electron chi connectivity index (χ1n) is 7.82. The van der Waals surface area contributed by atoms with E-state index in [1.165, 1.54) is 0 Å². The van der Waals surface area contributed by atoms with E-state index in [2.05, 4.69) is 29.2 Å². The van der Waals surface area contributed by atoms with Gasteiger partial charge in [-0.1, -0.05) is 30.3 Å². The molecule has 0 N–H and O–H groups in total. The number of para-hydroxylation sites is 1. The summed E-state index contributed by atoms with van der Waals surface area (Å²) in [5, 5.41) is 0. The van der Waals surface area contributed by atoms with E-state index in [0.717, 1.165) is 11.3 Å². The van der Waals surface area contributed by atoms with E-state index < -0.39 is 0 Å². The molecule has 0 fully saturated rings. The molecule has 0 aliphatic heterocycles. The van der Waals surface area contributed by atoms with Crippen LogP contribution in [-0.2, 0) is 11.3 Å². The molecule has 0 atom stereocenters. The van der Waals surface area contributed by atoms with Crippen molar-refractivity contribution in [3.63, 3.8) is 0 Å². The number of amides is 1. The van der Waals surface area contributed by atoms with Crippen molar-refractivity contribution in [1.29, 1.82) is 0 Å². The number of ether oxygens (including phenoxy) is 1. The maximum atomic E-state index is 12.3. The van der Waals surface area contributed by atoms with Crippen molar-refractivity contribution >= 4 is 11.6 Å². The van der Waals surface area contributed by atoms with Crippen molar-refractivity contribution in [2.45, 2.75) is 13.5 Å². The molecule has 0 aliphatic rings. The molecule has 0 aromatic heterocycles. The number of carbonyl (C=O) groups is 1. The second kappa shape index (κ2) is 8.22. The van der Waals surface area contributed by atoms with Crippen LogP contribution in [0.1, 0.15) is 12.5 Å². The van der Waals surface area contributed by atoms with Gasteiger partial charge in [0.2, 0.25) is 0 Å². The normalized spacial score (nSPS) is 10.2. The third kappa shape index (κ3) is 5.02. The van der Waals surface area contributed by atoms with Gasteiger partial charge in [-0.05, 0) is 36.8 Å². The highest BCUT2D eigenvalue weighted by Gasteiger charge is 2.13. The van der Waals surface area contributed by atoms with Crippen molar-refractivity contribution in [2.75, 3.05) is 32.1 Å². The lowest BCUT2D eigenvalue weighted by molar-refractivity contribution is -0.133. The Balaban J connectivity index is 1.92. The molecular formula is C19H24N2O2. The third-order valence-electron chi connectivity index (χ3n) is 3.67. The molecule has 2 aromatic carbocycles. The Labute approximate surface area is 138 Å². The Morgan fingerprint density at radius 2 is 1.65 bits per heavy atom. The minimum Gasteiger partial charge on any atom is -0.484 e. The molecule has 0 radical (unpaired) electrons. The molecular weight excluding hydrogens is 288 g/mol. The topological polar surface area (TPSA) is 32.8 Å². The van der Waals surface area contributed by atoms with Gasteiger partial charge in [-0.2, -0.15) is 0 Å². The van der Waals surface area contributed by atoms with Gasteiger partial charge in [0.15, 0.2) is 6.61 Å². The van der Waals surface area contributed by atoms with E-state index in [4.69, 9.17) is 4.74 Å². The first kappa shape index (κ1) is 16.9. The molecule has 2 aromatic rings. The van der Waals surface area contributed by atoms with Gasteiger partial charge in [-0.15, -0.1) is 0 Å². The summed E-state index contributed by atoms with van der Waals surface area (Å²) in [5.74, 6) is 0.709. The van der Waals surface area contributed by atoms with Crippen LogP contribution in [0.5, 0.6) is 5.75 Å².